The minimum absolute atomic E-state index is 0.0703. The van der Waals surface area contributed by atoms with E-state index in [0.717, 1.165) is 12.0 Å². The lowest BCUT2D eigenvalue weighted by Gasteiger charge is -2.37. The van der Waals surface area contributed by atoms with Gasteiger partial charge in [-0.2, -0.15) is 4.31 Å². The lowest BCUT2D eigenvalue weighted by Crippen LogP contribution is -2.51. The molecule has 0 aromatic heterocycles. The number of hydrogen-bond donors (Lipinski definition) is 1. The van der Waals surface area contributed by atoms with Crippen molar-refractivity contribution in [3.05, 3.63) is 29.8 Å². The van der Waals surface area contributed by atoms with Crippen LogP contribution in [0.15, 0.2) is 29.2 Å². The van der Waals surface area contributed by atoms with Crippen LogP contribution in [-0.4, -0.2) is 45.1 Å². The number of nitrogens with one attached hydrogen (secondary N) is 1. The van der Waals surface area contributed by atoms with E-state index in [0.29, 0.717) is 24.6 Å². The van der Waals surface area contributed by atoms with E-state index >= 15 is 0 Å². The molecule has 5 nitrogen and oxygen atoms in total. The Morgan fingerprint density at radius 1 is 1.38 bits per heavy atom. The van der Waals surface area contributed by atoms with Crippen molar-refractivity contribution in [3.8, 4) is 0 Å². The summed E-state index contributed by atoms with van der Waals surface area (Å²) < 4.78 is 33.3. The highest BCUT2D eigenvalue weighted by atomic mass is 32.2. The summed E-state index contributed by atoms with van der Waals surface area (Å²) in [6, 6.07) is 7.10. The molecule has 6 heteroatoms. The van der Waals surface area contributed by atoms with Crippen LogP contribution in [0.5, 0.6) is 0 Å². The molecule has 1 aromatic rings. The second-order valence-corrected chi connectivity index (χ2v) is 7.28. The molecule has 0 radical (unpaired) electrons. The number of morpholine rings is 1. The van der Waals surface area contributed by atoms with Gasteiger partial charge in [0.05, 0.1) is 17.6 Å². The van der Waals surface area contributed by atoms with Crippen molar-refractivity contribution in [1.82, 2.24) is 9.62 Å². The number of hydrogen-bond acceptors (Lipinski definition) is 4. The Hall–Kier alpha value is -0.950. The fourth-order valence-electron chi connectivity index (χ4n) is 2.65. The molecule has 1 N–H and O–H groups in total. The van der Waals surface area contributed by atoms with Crippen LogP contribution < -0.4 is 5.32 Å². The van der Waals surface area contributed by atoms with Crippen LogP contribution in [0.3, 0.4) is 0 Å². The van der Waals surface area contributed by atoms with Gasteiger partial charge in [0.1, 0.15) is 0 Å². The Morgan fingerprint density at radius 3 is 2.76 bits per heavy atom. The van der Waals surface area contributed by atoms with Gasteiger partial charge in [-0.05, 0) is 32.0 Å². The normalized spacial score (nSPS) is 24.1. The zero-order valence-corrected chi connectivity index (χ0v) is 13.7. The molecule has 1 aliphatic rings. The third-order valence-corrected chi connectivity index (χ3v) is 5.83. The lowest BCUT2D eigenvalue weighted by atomic mass is 10.2. The summed E-state index contributed by atoms with van der Waals surface area (Å²) in [7, 11) is -1.68. The van der Waals surface area contributed by atoms with Gasteiger partial charge in [-0.3, -0.25) is 0 Å². The predicted molar refractivity (Wildman–Crippen MR) is 82.6 cm³/mol. The average molecular weight is 312 g/mol. The summed E-state index contributed by atoms with van der Waals surface area (Å²) in [5.74, 6) is 0. The van der Waals surface area contributed by atoms with E-state index in [4.69, 9.17) is 4.74 Å². The van der Waals surface area contributed by atoms with E-state index in [1.54, 1.807) is 16.4 Å². The monoisotopic (exact) mass is 312 g/mol. The molecule has 0 spiro atoms. The smallest absolute Gasteiger partial charge is 0.243 e. The van der Waals surface area contributed by atoms with Crippen LogP contribution in [0.1, 0.15) is 25.8 Å². The van der Waals surface area contributed by atoms with Gasteiger partial charge in [0.2, 0.25) is 10.0 Å². The van der Waals surface area contributed by atoms with Gasteiger partial charge in [0.15, 0.2) is 0 Å². The molecule has 2 atom stereocenters. The van der Waals surface area contributed by atoms with Crippen LogP contribution in [0.25, 0.3) is 0 Å². The summed E-state index contributed by atoms with van der Waals surface area (Å²) in [6.07, 6.45) is 0.680. The van der Waals surface area contributed by atoms with Crippen LogP contribution >= 0.6 is 0 Å². The third-order valence-electron chi connectivity index (χ3n) is 3.82. The highest BCUT2D eigenvalue weighted by Crippen LogP contribution is 2.26. The first-order chi connectivity index (χ1) is 10.0. The maximum absolute atomic E-state index is 13.0. The van der Waals surface area contributed by atoms with Crippen molar-refractivity contribution < 1.29 is 13.2 Å². The minimum Gasteiger partial charge on any atom is -0.375 e. The van der Waals surface area contributed by atoms with Crippen molar-refractivity contribution in [2.75, 3.05) is 20.2 Å². The largest absolute Gasteiger partial charge is 0.375 e. The molecule has 118 valence electrons. The SMILES string of the molecule is CCC1COC(C)CN1S(=O)(=O)c1ccccc1CNC. The van der Waals surface area contributed by atoms with Crippen molar-refractivity contribution in [3.63, 3.8) is 0 Å². The number of nitrogens with zero attached hydrogens (tertiary/aromatic N) is 1. The van der Waals surface area contributed by atoms with Gasteiger partial charge >= 0.3 is 0 Å². The van der Waals surface area contributed by atoms with Crippen LogP contribution in [0, 0.1) is 0 Å². The van der Waals surface area contributed by atoms with Crippen molar-refractivity contribution >= 4 is 10.0 Å². The number of sulfonamides is 1. The van der Waals surface area contributed by atoms with E-state index in [-0.39, 0.29) is 12.1 Å². The molecule has 1 aliphatic heterocycles. The Bertz CT molecular complexity index is 574. The van der Waals surface area contributed by atoms with Gasteiger partial charge in [-0.15, -0.1) is 0 Å². The topological polar surface area (TPSA) is 58.6 Å². The molecule has 1 saturated heterocycles. The summed E-state index contributed by atoms with van der Waals surface area (Å²) in [5.41, 5.74) is 0.800. The fraction of sp³-hybridized carbons (Fsp3) is 0.600. The van der Waals surface area contributed by atoms with Gasteiger partial charge < -0.3 is 10.1 Å². The first kappa shape index (κ1) is 16.4. The highest BCUT2D eigenvalue weighted by Gasteiger charge is 2.36. The second kappa shape index (κ2) is 6.87. The third kappa shape index (κ3) is 3.45. The van der Waals surface area contributed by atoms with E-state index in [1.165, 1.54) is 0 Å². The summed E-state index contributed by atoms with van der Waals surface area (Å²) in [4.78, 5) is 0.395. The molecule has 1 aromatic carbocycles. The second-order valence-electron chi connectivity index (χ2n) is 5.42. The maximum Gasteiger partial charge on any atom is 0.243 e. The predicted octanol–water partition coefficient (Wildman–Crippen LogP) is 1.59. The number of rotatable bonds is 5. The zero-order valence-electron chi connectivity index (χ0n) is 12.9. The number of benzene rings is 1. The Labute approximate surface area is 127 Å². The van der Waals surface area contributed by atoms with E-state index in [9.17, 15) is 8.42 Å². The first-order valence-electron chi connectivity index (χ1n) is 7.36. The van der Waals surface area contributed by atoms with Gasteiger partial charge in [-0.25, -0.2) is 8.42 Å². The summed E-state index contributed by atoms with van der Waals surface area (Å²) in [6.45, 7) is 5.31. The molecular weight excluding hydrogens is 288 g/mol. The molecule has 2 rings (SSSR count). The minimum atomic E-state index is -3.50. The van der Waals surface area contributed by atoms with Crippen LogP contribution in [0.2, 0.25) is 0 Å². The standard InChI is InChI=1S/C15H24N2O3S/c1-4-14-11-20-12(2)10-17(14)21(18,19)15-8-6-5-7-13(15)9-16-3/h5-8,12,14,16H,4,9-11H2,1-3H3. The lowest BCUT2D eigenvalue weighted by molar-refractivity contribution is -0.0230. The maximum atomic E-state index is 13.0. The number of ether oxygens (including phenoxy) is 1. The quantitative estimate of drug-likeness (QED) is 0.897. The molecule has 0 amide bonds. The summed E-state index contributed by atoms with van der Waals surface area (Å²) >= 11 is 0. The van der Waals surface area contributed by atoms with Crippen molar-refractivity contribution in [1.29, 1.82) is 0 Å². The van der Waals surface area contributed by atoms with Gasteiger partial charge in [0, 0.05) is 19.1 Å². The van der Waals surface area contributed by atoms with E-state index in [1.807, 2.05) is 33.0 Å². The van der Waals surface area contributed by atoms with Crippen LogP contribution in [-0.2, 0) is 21.3 Å². The Morgan fingerprint density at radius 2 is 2.10 bits per heavy atom. The molecule has 2 unspecified atom stereocenters. The zero-order chi connectivity index (χ0) is 15.5. The van der Waals surface area contributed by atoms with Crippen molar-refractivity contribution in [2.24, 2.45) is 0 Å². The molecule has 1 heterocycles. The van der Waals surface area contributed by atoms with Gasteiger partial charge in [-0.1, -0.05) is 25.1 Å². The molecule has 0 bridgehead atoms. The average Bonchev–Trinajstić information content (AvgIpc) is 2.48. The molecular formula is C15H24N2O3S. The Kier molecular flexibility index (Phi) is 5.37. The first-order valence-corrected chi connectivity index (χ1v) is 8.80. The molecule has 1 fully saturated rings. The van der Waals surface area contributed by atoms with Gasteiger partial charge in [0.25, 0.3) is 0 Å². The summed E-state index contributed by atoms with van der Waals surface area (Å²) in [5, 5.41) is 3.03. The molecule has 0 aliphatic carbocycles. The van der Waals surface area contributed by atoms with Crippen molar-refractivity contribution in [2.45, 2.75) is 43.9 Å². The van der Waals surface area contributed by atoms with E-state index in [2.05, 4.69) is 5.32 Å². The van der Waals surface area contributed by atoms with E-state index < -0.39 is 10.0 Å². The molecule has 21 heavy (non-hydrogen) atoms. The fourth-order valence-corrected chi connectivity index (χ4v) is 4.63. The highest BCUT2D eigenvalue weighted by molar-refractivity contribution is 7.89. The molecule has 0 saturated carbocycles. The van der Waals surface area contributed by atoms with Crippen LogP contribution in [0.4, 0.5) is 0 Å². The Balaban J connectivity index is 2.40.